The Balaban J connectivity index is 1.79. The number of para-hydroxylation sites is 2. The quantitative estimate of drug-likeness (QED) is 0.536. The molecule has 4 rings (SSSR count). The highest BCUT2D eigenvalue weighted by atomic mass is 16.5. The van der Waals surface area contributed by atoms with Crippen molar-refractivity contribution in [2.45, 2.75) is 26.4 Å². The largest absolute Gasteiger partial charge is 0.482 e. The molecule has 8 heteroatoms. The third kappa shape index (κ3) is 2.97. The Morgan fingerprint density at radius 3 is 2.82 bits per heavy atom. The number of fused-ring (bicyclic) bond motifs is 2. The van der Waals surface area contributed by atoms with E-state index in [1.807, 2.05) is 24.3 Å². The van der Waals surface area contributed by atoms with Gasteiger partial charge in [-0.2, -0.15) is 0 Å². The van der Waals surface area contributed by atoms with E-state index < -0.39 is 5.91 Å². The summed E-state index contributed by atoms with van der Waals surface area (Å²) >= 11 is 0. The molecule has 0 radical (unpaired) electrons. The Morgan fingerprint density at radius 2 is 2.07 bits per heavy atom. The lowest BCUT2D eigenvalue weighted by Crippen LogP contribution is -2.39. The standard InChI is InChI=1S/C20H20N4O4/c1-12(2)24-15-6-4-3-5-14(15)21-18(24)10-23-16-9-13(20(26)22-27)7-8-17(16)28-11-19(23)25/h3-9,12,27H,10-11H2,1-2H3,(H,22,26). The van der Waals surface area contributed by atoms with Crippen molar-refractivity contribution in [1.82, 2.24) is 15.0 Å². The molecular formula is C20H20N4O4. The van der Waals surface area contributed by atoms with Gasteiger partial charge >= 0.3 is 0 Å². The zero-order valence-corrected chi connectivity index (χ0v) is 15.5. The predicted molar refractivity (Wildman–Crippen MR) is 102 cm³/mol. The zero-order valence-electron chi connectivity index (χ0n) is 15.5. The third-order valence-electron chi connectivity index (χ3n) is 4.75. The number of hydroxylamine groups is 1. The third-order valence-corrected chi connectivity index (χ3v) is 4.75. The molecular weight excluding hydrogens is 360 g/mol. The van der Waals surface area contributed by atoms with Crippen LogP contribution in [0, 0.1) is 0 Å². The first-order valence-electron chi connectivity index (χ1n) is 8.97. The van der Waals surface area contributed by atoms with E-state index in [4.69, 9.17) is 14.9 Å². The molecule has 0 saturated carbocycles. The van der Waals surface area contributed by atoms with E-state index in [2.05, 4.69) is 18.4 Å². The van der Waals surface area contributed by atoms with Crippen molar-refractivity contribution < 1.29 is 19.5 Å². The second-order valence-corrected chi connectivity index (χ2v) is 6.87. The molecule has 0 atom stereocenters. The first kappa shape index (κ1) is 18.0. The van der Waals surface area contributed by atoms with Crippen LogP contribution in [0.3, 0.4) is 0 Å². The van der Waals surface area contributed by atoms with Crippen LogP contribution in [0.1, 0.15) is 36.1 Å². The van der Waals surface area contributed by atoms with Crippen LogP contribution in [0.4, 0.5) is 5.69 Å². The minimum Gasteiger partial charge on any atom is -0.482 e. The average Bonchev–Trinajstić information content (AvgIpc) is 3.07. The Kier molecular flexibility index (Phi) is 4.48. The Labute approximate surface area is 161 Å². The number of hydrogen-bond donors (Lipinski definition) is 2. The molecule has 0 saturated heterocycles. The molecule has 2 heterocycles. The van der Waals surface area contributed by atoms with Crippen LogP contribution in [0.25, 0.3) is 11.0 Å². The van der Waals surface area contributed by atoms with E-state index in [0.717, 1.165) is 16.9 Å². The van der Waals surface area contributed by atoms with E-state index in [9.17, 15) is 9.59 Å². The smallest absolute Gasteiger partial charge is 0.274 e. The maximum Gasteiger partial charge on any atom is 0.274 e. The van der Waals surface area contributed by atoms with Crippen molar-refractivity contribution in [1.29, 1.82) is 0 Å². The van der Waals surface area contributed by atoms with Gasteiger partial charge in [-0.3, -0.25) is 19.7 Å². The van der Waals surface area contributed by atoms with Gasteiger partial charge < -0.3 is 9.30 Å². The van der Waals surface area contributed by atoms with Crippen molar-refractivity contribution in [3.05, 3.63) is 53.9 Å². The summed E-state index contributed by atoms with van der Waals surface area (Å²) in [4.78, 5) is 30.7. The van der Waals surface area contributed by atoms with Crippen LogP contribution in [0.2, 0.25) is 0 Å². The van der Waals surface area contributed by atoms with E-state index in [1.54, 1.807) is 16.4 Å². The molecule has 2 aromatic carbocycles. The highest BCUT2D eigenvalue weighted by Crippen LogP contribution is 2.34. The SMILES string of the molecule is CC(C)n1c(CN2C(=O)COc3ccc(C(=O)NO)cc32)nc2ccccc21. The van der Waals surface area contributed by atoms with Crippen LogP contribution >= 0.6 is 0 Å². The van der Waals surface area contributed by atoms with Crippen molar-refractivity contribution in [2.75, 3.05) is 11.5 Å². The number of anilines is 1. The molecule has 3 aromatic rings. The normalized spacial score (nSPS) is 13.6. The predicted octanol–water partition coefficient (Wildman–Crippen LogP) is 2.66. The monoisotopic (exact) mass is 380 g/mol. The molecule has 8 nitrogen and oxygen atoms in total. The molecule has 0 unspecified atom stereocenters. The van der Waals surface area contributed by atoms with Crippen LogP contribution in [0.15, 0.2) is 42.5 Å². The minimum absolute atomic E-state index is 0.0829. The molecule has 144 valence electrons. The number of nitrogens with one attached hydrogen (secondary N) is 1. The summed E-state index contributed by atoms with van der Waals surface area (Å²) < 4.78 is 7.60. The number of aromatic nitrogens is 2. The van der Waals surface area contributed by atoms with Gasteiger partial charge in [0.1, 0.15) is 11.6 Å². The summed E-state index contributed by atoms with van der Waals surface area (Å²) in [5, 5.41) is 8.90. The molecule has 0 aliphatic carbocycles. The van der Waals surface area contributed by atoms with Crippen LogP contribution < -0.4 is 15.1 Å². The van der Waals surface area contributed by atoms with Crippen LogP contribution in [-0.2, 0) is 11.3 Å². The summed E-state index contributed by atoms with van der Waals surface area (Å²) in [5.74, 6) is 0.363. The van der Waals surface area contributed by atoms with Gasteiger partial charge in [0.05, 0.1) is 23.3 Å². The van der Waals surface area contributed by atoms with Gasteiger partial charge in [-0.1, -0.05) is 12.1 Å². The number of amides is 2. The lowest BCUT2D eigenvalue weighted by molar-refractivity contribution is -0.121. The second-order valence-electron chi connectivity index (χ2n) is 6.87. The fraction of sp³-hybridized carbons (Fsp3) is 0.250. The number of nitrogens with zero attached hydrogens (tertiary/aromatic N) is 3. The number of rotatable bonds is 4. The van der Waals surface area contributed by atoms with Gasteiger partial charge in [-0.15, -0.1) is 0 Å². The van der Waals surface area contributed by atoms with Gasteiger partial charge in [0.2, 0.25) is 0 Å². The molecule has 2 N–H and O–H groups in total. The van der Waals surface area contributed by atoms with Crippen LogP contribution in [0.5, 0.6) is 5.75 Å². The van der Waals surface area contributed by atoms with Crippen molar-refractivity contribution >= 4 is 28.5 Å². The number of benzene rings is 2. The van der Waals surface area contributed by atoms with E-state index in [1.165, 1.54) is 12.1 Å². The molecule has 2 amide bonds. The molecule has 1 aliphatic rings. The highest BCUT2D eigenvalue weighted by molar-refractivity contribution is 6.01. The van der Waals surface area contributed by atoms with Crippen molar-refractivity contribution in [2.24, 2.45) is 0 Å². The first-order valence-corrected chi connectivity index (χ1v) is 8.97. The number of carbonyl (C=O) groups is 2. The summed E-state index contributed by atoms with van der Waals surface area (Å²) in [6.45, 7) is 4.29. The Morgan fingerprint density at radius 1 is 1.29 bits per heavy atom. The number of imidazole rings is 1. The Bertz CT molecular complexity index is 1070. The summed E-state index contributed by atoms with van der Waals surface area (Å²) in [6, 6.07) is 12.7. The lowest BCUT2D eigenvalue weighted by atomic mass is 10.1. The van der Waals surface area contributed by atoms with Gasteiger partial charge in [-0.05, 0) is 44.2 Å². The zero-order chi connectivity index (χ0) is 19.8. The van der Waals surface area contributed by atoms with Gasteiger partial charge in [0, 0.05) is 11.6 Å². The summed E-state index contributed by atoms with van der Waals surface area (Å²) in [7, 11) is 0. The van der Waals surface area contributed by atoms with Crippen molar-refractivity contribution in [3.63, 3.8) is 0 Å². The number of ether oxygens (including phenoxy) is 1. The first-order chi connectivity index (χ1) is 13.5. The molecule has 0 bridgehead atoms. The fourth-order valence-corrected chi connectivity index (χ4v) is 3.50. The van der Waals surface area contributed by atoms with E-state index >= 15 is 0 Å². The second kappa shape index (κ2) is 6.97. The van der Waals surface area contributed by atoms with Gasteiger partial charge in [0.15, 0.2) is 6.61 Å². The fourth-order valence-electron chi connectivity index (χ4n) is 3.50. The van der Waals surface area contributed by atoms with E-state index in [0.29, 0.717) is 11.4 Å². The Hall–Kier alpha value is -3.39. The molecule has 0 spiro atoms. The lowest BCUT2D eigenvalue weighted by Gasteiger charge is -2.30. The topological polar surface area (TPSA) is 96.7 Å². The van der Waals surface area contributed by atoms with Crippen LogP contribution in [-0.4, -0.2) is 33.2 Å². The molecule has 0 fully saturated rings. The van der Waals surface area contributed by atoms with E-state index in [-0.39, 0.29) is 30.7 Å². The maximum atomic E-state index is 12.6. The maximum absolute atomic E-state index is 12.6. The highest BCUT2D eigenvalue weighted by Gasteiger charge is 2.28. The molecule has 28 heavy (non-hydrogen) atoms. The minimum atomic E-state index is -0.657. The summed E-state index contributed by atoms with van der Waals surface area (Å²) in [5.41, 5.74) is 4.17. The van der Waals surface area contributed by atoms with Gasteiger partial charge in [0.25, 0.3) is 11.8 Å². The van der Waals surface area contributed by atoms with Crippen molar-refractivity contribution in [3.8, 4) is 5.75 Å². The number of carbonyl (C=O) groups excluding carboxylic acids is 2. The number of hydrogen-bond acceptors (Lipinski definition) is 5. The molecule has 1 aliphatic heterocycles. The summed E-state index contributed by atoms with van der Waals surface area (Å²) in [6.07, 6.45) is 0. The molecule has 1 aromatic heterocycles. The average molecular weight is 380 g/mol. The van der Waals surface area contributed by atoms with Gasteiger partial charge in [-0.25, -0.2) is 10.5 Å².